The molecule has 1 aromatic rings. The molecule has 1 fully saturated rings. The van der Waals surface area contributed by atoms with Gasteiger partial charge in [-0.25, -0.2) is 0 Å². The van der Waals surface area contributed by atoms with E-state index in [1.165, 1.54) is 24.0 Å². The van der Waals surface area contributed by atoms with E-state index in [0.29, 0.717) is 24.3 Å². The molecule has 110 valence electrons. The predicted octanol–water partition coefficient (Wildman–Crippen LogP) is 1.72. The number of hydrogen-bond donors (Lipinski definition) is 2. The number of phenols is 1. The Morgan fingerprint density at radius 2 is 2.05 bits per heavy atom. The number of hydrogen-bond acceptors (Lipinski definition) is 4. The molecule has 0 aliphatic carbocycles. The van der Waals surface area contributed by atoms with Crippen LogP contribution < -0.4 is 10.1 Å². The standard InChI is InChI=1S/C16H24N2O2/c1-17-12-9-14-13(11-5-7-18(2)8-6-11)3-4-15(19)16(14)20-10-12/h3-4,11-12,17,19H,5-10H2,1-2H3. The van der Waals surface area contributed by atoms with Crippen molar-refractivity contribution >= 4 is 0 Å². The summed E-state index contributed by atoms with van der Waals surface area (Å²) in [6.45, 7) is 2.93. The van der Waals surface area contributed by atoms with Crippen molar-refractivity contribution in [2.45, 2.75) is 31.2 Å². The molecule has 1 unspecified atom stereocenters. The molecule has 1 saturated heterocycles. The van der Waals surface area contributed by atoms with E-state index in [1.54, 1.807) is 6.07 Å². The normalized spacial score (nSPS) is 24.2. The van der Waals surface area contributed by atoms with Crippen molar-refractivity contribution in [2.24, 2.45) is 0 Å². The van der Waals surface area contributed by atoms with Crippen LogP contribution in [0.3, 0.4) is 0 Å². The summed E-state index contributed by atoms with van der Waals surface area (Å²) in [5.74, 6) is 1.60. The fourth-order valence-corrected chi connectivity index (χ4v) is 3.38. The van der Waals surface area contributed by atoms with E-state index >= 15 is 0 Å². The first-order chi connectivity index (χ1) is 9.69. The topological polar surface area (TPSA) is 44.7 Å². The molecule has 0 spiro atoms. The van der Waals surface area contributed by atoms with Crippen molar-refractivity contribution in [3.05, 3.63) is 23.3 Å². The molecule has 1 aromatic carbocycles. The first-order valence-electron chi connectivity index (χ1n) is 7.52. The van der Waals surface area contributed by atoms with Gasteiger partial charge in [0.05, 0.1) is 0 Å². The molecular formula is C16H24N2O2. The summed E-state index contributed by atoms with van der Waals surface area (Å²) in [6.07, 6.45) is 3.33. The number of rotatable bonds is 2. The van der Waals surface area contributed by atoms with Crippen LogP contribution in [0.1, 0.15) is 29.9 Å². The van der Waals surface area contributed by atoms with Gasteiger partial charge in [-0.15, -0.1) is 0 Å². The summed E-state index contributed by atoms with van der Waals surface area (Å²) in [5.41, 5.74) is 2.59. The van der Waals surface area contributed by atoms with Crippen LogP contribution in [0, 0.1) is 0 Å². The van der Waals surface area contributed by atoms with E-state index in [2.05, 4.69) is 23.3 Å². The van der Waals surface area contributed by atoms with Crippen molar-refractivity contribution in [3.63, 3.8) is 0 Å². The number of phenolic OH excluding ortho intramolecular Hbond substituents is 1. The maximum absolute atomic E-state index is 10.0. The van der Waals surface area contributed by atoms with Gasteiger partial charge in [-0.2, -0.15) is 0 Å². The summed E-state index contributed by atoms with van der Waals surface area (Å²) in [6, 6.07) is 4.24. The van der Waals surface area contributed by atoms with Gasteiger partial charge < -0.3 is 20.1 Å². The summed E-state index contributed by atoms with van der Waals surface area (Å²) in [7, 11) is 4.15. The largest absolute Gasteiger partial charge is 0.504 e. The minimum atomic E-state index is 0.284. The van der Waals surface area contributed by atoms with Crippen LogP contribution in [0.25, 0.3) is 0 Å². The molecule has 4 heteroatoms. The maximum atomic E-state index is 10.0. The molecule has 3 rings (SSSR count). The second-order valence-electron chi connectivity index (χ2n) is 6.06. The number of benzene rings is 1. The molecule has 1 atom stereocenters. The van der Waals surface area contributed by atoms with Crippen LogP contribution in [0.4, 0.5) is 0 Å². The molecular weight excluding hydrogens is 252 g/mol. The van der Waals surface area contributed by atoms with Crippen LogP contribution in [0.5, 0.6) is 11.5 Å². The Morgan fingerprint density at radius 1 is 1.30 bits per heavy atom. The highest BCUT2D eigenvalue weighted by Crippen LogP contribution is 2.41. The minimum absolute atomic E-state index is 0.284. The van der Waals surface area contributed by atoms with Crippen molar-refractivity contribution < 1.29 is 9.84 Å². The maximum Gasteiger partial charge on any atom is 0.164 e. The van der Waals surface area contributed by atoms with E-state index in [4.69, 9.17) is 4.74 Å². The number of nitrogens with one attached hydrogen (secondary N) is 1. The molecule has 0 saturated carbocycles. The van der Waals surface area contributed by atoms with Gasteiger partial charge >= 0.3 is 0 Å². The Morgan fingerprint density at radius 3 is 2.75 bits per heavy atom. The van der Waals surface area contributed by atoms with Crippen molar-refractivity contribution in [3.8, 4) is 11.5 Å². The number of piperidine rings is 1. The average molecular weight is 276 g/mol. The highest BCUT2D eigenvalue weighted by Gasteiger charge is 2.28. The molecule has 0 aromatic heterocycles. The zero-order chi connectivity index (χ0) is 14.1. The Kier molecular flexibility index (Phi) is 3.85. The number of nitrogens with zero attached hydrogens (tertiary/aromatic N) is 1. The van der Waals surface area contributed by atoms with Crippen LogP contribution in [-0.2, 0) is 6.42 Å². The quantitative estimate of drug-likeness (QED) is 0.863. The molecule has 2 heterocycles. The Bertz CT molecular complexity index is 482. The van der Waals surface area contributed by atoms with E-state index < -0.39 is 0 Å². The molecule has 4 nitrogen and oxygen atoms in total. The third-order valence-corrected chi connectivity index (χ3v) is 4.72. The zero-order valence-corrected chi connectivity index (χ0v) is 12.4. The lowest BCUT2D eigenvalue weighted by Crippen LogP contribution is -2.38. The van der Waals surface area contributed by atoms with Gasteiger partial charge in [0.15, 0.2) is 11.5 Å². The van der Waals surface area contributed by atoms with Crippen LogP contribution in [-0.4, -0.2) is 49.8 Å². The highest BCUT2D eigenvalue weighted by molar-refractivity contribution is 5.52. The molecule has 0 amide bonds. The molecule has 2 aliphatic heterocycles. The number of aromatic hydroxyl groups is 1. The summed E-state index contributed by atoms with van der Waals surface area (Å²) >= 11 is 0. The van der Waals surface area contributed by atoms with Crippen LogP contribution in [0.2, 0.25) is 0 Å². The van der Waals surface area contributed by atoms with Crippen molar-refractivity contribution in [1.29, 1.82) is 0 Å². The summed E-state index contributed by atoms with van der Waals surface area (Å²) in [5, 5.41) is 13.3. The van der Waals surface area contributed by atoms with E-state index in [-0.39, 0.29) is 5.75 Å². The highest BCUT2D eigenvalue weighted by atomic mass is 16.5. The Labute approximate surface area is 120 Å². The average Bonchev–Trinajstić information content (AvgIpc) is 2.48. The molecule has 0 radical (unpaired) electrons. The smallest absolute Gasteiger partial charge is 0.164 e. The van der Waals surface area contributed by atoms with E-state index in [9.17, 15) is 5.11 Å². The summed E-state index contributed by atoms with van der Waals surface area (Å²) < 4.78 is 5.79. The first kappa shape index (κ1) is 13.7. The third-order valence-electron chi connectivity index (χ3n) is 4.72. The predicted molar refractivity (Wildman–Crippen MR) is 79.6 cm³/mol. The van der Waals surface area contributed by atoms with Gasteiger partial charge in [0.1, 0.15) is 6.61 Å². The molecule has 2 aliphatic rings. The van der Waals surface area contributed by atoms with Gasteiger partial charge in [0.2, 0.25) is 0 Å². The lowest BCUT2D eigenvalue weighted by Gasteiger charge is -2.33. The van der Waals surface area contributed by atoms with Crippen molar-refractivity contribution in [1.82, 2.24) is 10.2 Å². The number of ether oxygens (including phenoxy) is 1. The fourth-order valence-electron chi connectivity index (χ4n) is 3.38. The lowest BCUT2D eigenvalue weighted by atomic mass is 9.83. The van der Waals surface area contributed by atoms with E-state index in [0.717, 1.165) is 19.5 Å². The zero-order valence-electron chi connectivity index (χ0n) is 12.4. The molecule has 0 bridgehead atoms. The molecule has 2 N–H and O–H groups in total. The second-order valence-corrected chi connectivity index (χ2v) is 6.06. The number of fused-ring (bicyclic) bond motifs is 1. The summed E-state index contributed by atoms with van der Waals surface area (Å²) in [4.78, 5) is 2.39. The van der Waals surface area contributed by atoms with Gasteiger partial charge in [-0.05, 0) is 64.0 Å². The number of likely N-dealkylation sites (tertiary alicyclic amines) is 1. The van der Waals surface area contributed by atoms with Crippen LogP contribution in [0.15, 0.2) is 12.1 Å². The van der Waals surface area contributed by atoms with Gasteiger partial charge in [-0.1, -0.05) is 6.07 Å². The number of likely N-dealkylation sites (N-methyl/N-ethyl adjacent to an activating group) is 1. The molecule has 20 heavy (non-hydrogen) atoms. The second kappa shape index (κ2) is 5.62. The fraction of sp³-hybridized carbons (Fsp3) is 0.625. The van der Waals surface area contributed by atoms with Gasteiger partial charge in [-0.3, -0.25) is 0 Å². The van der Waals surface area contributed by atoms with Crippen molar-refractivity contribution in [2.75, 3.05) is 33.8 Å². The lowest BCUT2D eigenvalue weighted by molar-refractivity contribution is 0.229. The monoisotopic (exact) mass is 276 g/mol. The van der Waals surface area contributed by atoms with Gasteiger partial charge in [0.25, 0.3) is 0 Å². The van der Waals surface area contributed by atoms with Gasteiger partial charge in [0, 0.05) is 11.6 Å². The minimum Gasteiger partial charge on any atom is -0.504 e. The van der Waals surface area contributed by atoms with Crippen LogP contribution >= 0.6 is 0 Å². The first-order valence-corrected chi connectivity index (χ1v) is 7.52. The SMILES string of the molecule is CNC1COc2c(O)ccc(C3CCN(C)CC3)c2C1. The Balaban J connectivity index is 1.91. The van der Waals surface area contributed by atoms with E-state index in [1.807, 2.05) is 7.05 Å². The third kappa shape index (κ3) is 2.50. The Hall–Kier alpha value is -1.26.